The molecule has 0 amide bonds. The Kier molecular flexibility index (Phi) is 3.40. The number of nitrogens with one attached hydrogen (secondary N) is 1. The van der Waals surface area contributed by atoms with E-state index in [1.54, 1.807) is 0 Å². The van der Waals surface area contributed by atoms with Crippen LogP contribution in [0.25, 0.3) is 0 Å². The zero-order valence-corrected chi connectivity index (χ0v) is 12.3. The highest BCUT2D eigenvalue weighted by molar-refractivity contribution is 5.35. The SMILES string of the molecule is CC(C)C1(C)CNCC(c2ccccc2C2CC2)O1. The van der Waals surface area contributed by atoms with Gasteiger partial charge in [-0.05, 0) is 42.7 Å². The minimum absolute atomic E-state index is 0.0560. The first-order valence-electron chi connectivity index (χ1n) is 7.57. The second-order valence-electron chi connectivity index (χ2n) is 6.61. The molecule has 104 valence electrons. The summed E-state index contributed by atoms with van der Waals surface area (Å²) in [4.78, 5) is 0. The van der Waals surface area contributed by atoms with Crippen molar-refractivity contribution in [3.05, 3.63) is 35.4 Å². The van der Waals surface area contributed by atoms with Gasteiger partial charge >= 0.3 is 0 Å². The topological polar surface area (TPSA) is 21.3 Å². The Balaban J connectivity index is 1.86. The van der Waals surface area contributed by atoms with Crippen molar-refractivity contribution < 1.29 is 4.74 Å². The zero-order chi connectivity index (χ0) is 13.5. The average molecular weight is 259 g/mol. The monoisotopic (exact) mass is 259 g/mol. The van der Waals surface area contributed by atoms with Gasteiger partial charge in [0.15, 0.2) is 0 Å². The molecule has 0 aromatic heterocycles. The van der Waals surface area contributed by atoms with Gasteiger partial charge in [-0.1, -0.05) is 38.1 Å². The van der Waals surface area contributed by atoms with Crippen LogP contribution in [0.15, 0.2) is 24.3 Å². The Morgan fingerprint density at radius 1 is 1.21 bits per heavy atom. The third-order valence-electron chi connectivity index (χ3n) is 4.80. The summed E-state index contributed by atoms with van der Waals surface area (Å²) in [5, 5.41) is 3.57. The Morgan fingerprint density at radius 2 is 1.89 bits per heavy atom. The van der Waals surface area contributed by atoms with Crippen LogP contribution in [0, 0.1) is 5.92 Å². The second kappa shape index (κ2) is 4.92. The van der Waals surface area contributed by atoms with Crippen molar-refractivity contribution in [2.45, 2.75) is 51.2 Å². The van der Waals surface area contributed by atoms with E-state index in [-0.39, 0.29) is 11.7 Å². The van der Waals surface area contributed by atoms with E-state index >= 15 is 0 Å². The maximum absolute atomic E-state index is 6.48. The molecule has 1 aliphatic carbocycles. The third-order valence-corrected chi connectivity index (χ3v) is 4.80. The van der Waals surface area contributed by atoms with E-state index < -0.39 is 0 Å². The van der Waals surface area contributed by atoms with Crippen LogP contribution >= 0.6 is 0 Å². The lowest BCUT2D eigenvalue weighted by Crippen LogP contribution is -2.52. The smallest absolute Gasteiger partial charge is 0.0960 e. The Bertz CT molecular complexity index is 452. The molecule has 2 unspecified atom stereocenters. The van der Waals surface area contributed by atoms with Gasteiger partial charge < -0.3 is 10.1 Å². The van der Waals surface area contributed by atoms with Crippen LogP contribution in [-0.2, 0) is 4.74 Å². The third kappa shape index (κ3) is 2.56. The Hall–Kier alpha value is -0.860. The van der Waals surface area contributed by atoms with Gasteiger partial charge in [0.25, 0.3) is 0 Å². The van der Waals surface area contributed by atoms with Crippen LogP contribution in [0.1, 0.15) is 56.8 Å². The molecule has 1 saturated carbocycles. The highest BCUT2D eigenvalue weighted by Crippen LogP contribution is 2.44. The highest BCUT2D eigenvalue weighted by atomic mass is 16.5. The molecule has 0 spiro atoms. The van der Waals surface area contributed by atoms with Crippen molar-refractivity contribution in [1.29, 1.82) is 0 Å². The van der Waals surface area contributed by atoms with Gasteiger partial charge in [-0.25, -0.2) is 0 Å². The number of rotatable bonds is 3. The first-order chi connectivity index (χ1) is 9.10. The Labute approximate surface area is 116 Å². The normalized spacial score (nSPS) is 31.7. The van der Waals surface area contributed by atoms with Crippen molar-refractivity contribution in [3.63, 3.8) is 0 Å². The van der Waals surface area contributed by atoms with Crippen molar-refractivity contribution in [1.82, 2.24) is 5.32 Å². The average Bonchev–Trinajstić information content (AvgIpc) is 3.23. The molecule has 0 bridgehead atoms. The van der Waals surface area contributed by atoms with E-state index in [0.717, 1.165) is 19.0 Å². The summed E-state index contributed by atoms with van der Waals surface area (Å²) in [5.74, 6) is 1.31. The van der Waals surface area contributed by atoms with E-state index in [4.69, 9.17) is 4.74 Å². The maximum Gasteiger partial charge on any atom is 0.0960 e. The lowest BCUT2D eigenvalue weighted by molar-refractivity contribution is -0.132. The van der Waals surface area contributed by atoms with E-state index in [1.165, 1.54) is 24.0 Å². The predicted molar refractivity (Wildman–Crippen MR) is 78.4 cm³/mol. The summed E-state index contributed by atoms with van der Waals surface area (Å²) in [6, 6.07) is 8.85. The molecular weight excluding hydrogens is 234 g/mol. The lowest BCUT2D eigenvalue weighted by Gasteiger charge is -2.42. The van der Waals surface area contributed by atoms with Crippen molar-refractivity contribution >= 4 is 0 Å². The molecule has 1 aromatic rings. The highest BCUT2D eigenvalue weighted by Gasteiger charge is 2.38. The van der Waals surface area contributed by atoms with Gasteiger partial charge in [0.1, 0.15) is 0 Å². The molecule has 1 aliphatic heterocycles. The molecule has 1 saturated heterocycles. The van der Waals surface area contributed by atoms with Gasteiger partial charge in [0.05, 0.1) is 11.7 Å². The summed E-state index contributed by atoms with van der Waals surface area (Å²) in [6.45, 7) is 8.61. The molecule has 19 heavy (non-hydrogen) atoms. The van der Waals surface area contributed by atoms with Gasteiger partial charge in [-0.2, -0.15) is 0 Å². The summed E-state index contributed by atoms with van der Waals surface area (Å²) >= 11 is 0. The van der Waals surface area contributed by atoms with Crippen LogP contribution < -0.4 is 5.32 Å². The van der Waals surface area contributed by atoms with Crippen molar-refractivity contribution in [3.8, 4) is 0 Å². The van der Waals surface area contributed by atoms with Gasteiger partial charge in [-0.15, -0.1) is 0 Å². The van der Waals surface area contributed by atoms with E-state index in [2.05, 4.69) is 50.4 Å². The molecule has 2 aliphatic rings. The minimum atomic E-state index is -0.0560. The summed E-state index contributed by atoms with van der Waals surface area (Å²) in [7, 11) is 0. The van der Waals surface area contributed by atoms with E-state index in [9.17, 15) is 0 Å². The van der Waals surface area contributed by atoms with Gasteiger partial charge in [0.2, 0.25) is 0 Å². The molecule has 1 N–H and O–H groups in total. The molecule has 0 radical (unpaired) electrons. The van der Waals surface area contributed by atoms with Crippen LogP contribution in [0.5, 0.6) is 0 Å². The molecule has 2 nitrogen and oxygen atoms in total. The standard InChI is InChI=1S/C17H25NO/c1-12(2)17(3)11-18-10-16(19-17)15-7-5-4-6-14(15)13-8-9-13/h4-7,12-13,16,18H,8-11H2,1-3H3. The lowest BCUT2D eigenvalue weighted by atomic mass is 9.89. The van der Waals surface area contributed by atoms with Crippen LogP contribution in [-0.4, -0.2) is 18.7 Å². The second-order valence-corrected chi connectivity index (χ2v) is 6.61. The number of hydrogen-bond donors (Lipinski definition) is 1. The fourth-order valence-electron chi connectivity index (χ4n) is 2.94. The van der Waals surface area contributed by atoms with E-state index in [1.807, 2.05) is 0 Å². The molecular formula is C17H25NO. The summed E-state index contributed by atoms with van der Waals surface area (Å²) in [6.07, 6.45) is 2.90. The fraction of sp³-hybridized carbons (Fsp3) is 0.647. The van der Waals surface area contributed by atoms with Crippen LogP contribution in [0.4, 0.5) is 0 Å². The molecule has 3 rings (SSSR count). The number of ether oxygens (including phenoxy) is 1. The minimum Gasteiger partial charge on any atom is -0.364 e. The summed E-state index contributed by atoms with van der Waals surface area (Å²) < 4.78 is 6.48. The molecule has 2 atom stereocenters. The van der Waals surface area contributed by atoms with Crippen LogP contribution in [0.3, 0.4) is 0 Å². The summed E-state index contributed by atoms with van der Waals surface area (Å²) in [5.41, 5.74) is 2.87. The largest absolute Gasteiger partial charge is 0.364 e. The first kappa shape index (κ1) is 13.1. The number of morpholine rings is 1. The quantitative estimate of drug-likeness (QED) is 0.895. The van der Waals surface area contributed by atoms with Crippen LogP contribution in [0.2, 0.25) is 0 Å². The maximum atomic E-state index is 6.48. The zero-order valence-electron chi connectivity index (χ0n) is 12.3. The Morgan fingerprint density at radius 3 is 2.53 bits per heavy atom. The molecule has 2 heteroatoms. The van der Waals surface area contributed by atoms with Crippen molar-refractivity contribution in [2.24, 2.45) is 5.92 Å². The van der Waals surface area contributed by atoms with Crippen molar-refractivity contribution in [2.75, 3.05) is 13.1 Å². The van der Waals surface area contributed by atoms with Gasteiger partial charge in [0, 0.05) is 13.1 Å². The fourth-order valence-corrected chi connectivity index (χ4v) is 2.94. The number of benzene rings is 1. The molecule has 1 aromatic carbocycles. The first-order valence-corrected chi connectivity index (χ1v) is 7.57. The van der Waals surface area contributed by atoms with Gasteiger partial charge in [-0.3, -0.25) is 0 Å². The number of hydrogen-bond acceptors (Lipinski definition) is 2. The molecule has 2 fully saturated rings. The van der Waals surface area contributed by atoms with E-state index in [0.29, 0.717) is 5.92 Å². The predicted octanol–water partition coefficient (Wildman–Crippen LogP) is 3.64. The molecule has 1 heterocycles.